The van der Waals surface area contributed by atoms with Crippen LogP contribution in [-0.4, -0.2) is 91.9 Å². The number of nitriles is 1. The number of methoxy groups -OCH3 is 2. The van der Waals surface area contributed by atoms with E-state index in [-0.39, 0.29) is 50.0 Å². The van der Waals surface area contributed by atoms with Gasteiger partial charge in [0.15, 0.2) is 5.82 Å². The van der Waals surface area contributed by atoms with Gasteiger partial charge in [-0.25, -0.2) is 13.2 Å². The molecule has 3 aliphatic heterocycles. The summed E-state index contributed by atoms with van der Waals surface area (Å²) in [6.45, 7) is 7.74. The smallest absolute Gasteiger partial charge is 0.417 e. The minimum atomic E-state index is -5.00. The zero-order valence-electron chi connectivity index (χ0n) is 30.9. The van der Waals surface area contributed by atoms with Gasteiger partial charge < -0.3 is 25.4 Å². The van der Waals surface area contributed by atoms with Crippen LogP contribution >= 0.6 is 11.3 Å². The van der Waals surface area contributed by atoms with Crippen LogP contribution in [0.1, 0.15) is 63.5 Å². The second-order valence-corrected chi connectivity index (χ2v) is 13.9. The topological polar surface area (TPSA) is 130 Å². The van der Waals surface area contributed by atoms with E-state index in [1.54, 1.807) is 27.2 Å². The number of aromatic nitrogens is 2. The lowest BCUT2D eigenvalue weighted by Gasteiger charge is -2.18. The average molecular weight is 782 g/mol. The summed E-state index contributed by atoms with van der Waals surface area (Å²) in [5.74, 6) is -1.84. The Balaban J connectivity index is 0.000000248. The number of nitrogens with one attached hydrogen (secondary N) is 1. The number of fused-ring (bicyclic) bond motifs is 3. The molecule has 0 aliphatic carbocycles. The lowest BCUT2D eigenvalue weighted by molar-refractivity contribution is -0.137. The van der Waals surface area contributed by atoms with Gasteiger partial charge in [-0.1, -0.05) is 13.0 Å². The standard InChI is InChI=1S/C21H14F5N5OS.C7H12FN.C7H13NO.C2H6O/c1-3-29-19-9-6-11(21(24,25)26)14(15(23)16(9)30-20(31-19)32-2)8-4-5-12(22)17-13(8)10(7-27)18(28)33-17;8-6-4-7-2-1-3-9(7)5-6;1-2-7(9)8-5-3-4-6-8;1-3-2/h4-6H,3,28H2,1-2H3,(H,29,30,31);6-7H,1-5H2;2-6H2,1H3;1-2H3. The average Bonchev–Trinajstić information content (AvgIpc) is 3.95. The highest BCUT2D eigenvalue weighted by Crippen LogP contribution is 2.47. The van der Waals surface area contributed by atoms with Crippen LogP contribution in [0.3, 0.4) is 0 Å². The van der Waals surface area contributed by atoms with Gasteiger partial charge in [-0.2, -0.15) is 28.4 Å². The molecule has 7 rings (SSSR count). The molecule has 2 aromatic heterocycles. The van der Waals surface area contributed by atoms with Crippen molar-refractivity contribution >= 4 is 49.1 Å². The SMILES string of the molecule is CCC(=O)N1CCCC1.CCNc1nc(OC)nc2c(F)c(-c3ccc(F)c4sc(N)c(C#N)c34)c(C(F)(F)F)cc12.COC.FC1CC2CCCN2C1. The van der Waals surface area contributed by atoms with Crippen LogP contribution in [0.25, 0.3) is 32.1 Å². The van der Waals surface area contributed by atoms with Crippen LogP contribution in [0.2, 0.25) is 0 Å². The van der Waals surface area contributed by atoms with E-state index in [1.165, 1.54) is 32.8 Å². The van der Waals surface area contributed by atoms with E-state index in [2.05, 4.69) is 24.9 Å². The number of alkyl halides is 4. The highest BCUT2D eigenvalue weighted by Gasteiger charge is 2.38. The maximum absolute atomic E-state index is 15.9. The molecule has 4 aromatic rings. The number of thiophene rings is 1. The van der Waals surface area contributed by atoms with Crippen molar-refractivity contribution < 1.29 is 40.6 Å². The first kappa shape index (κ1) is 42.3. The monoisotopic (exact) mass is 781 g/mol. The number of nitrogens with two attached hydrogens (primary N) is 1. The number of ether oxygens (including phenoxy) is 2. The Morgan fingerprint density at radius 3 is 2.37 bits per heavy atom. The Hall–Kier alpha value is -4.40. The summed E-state index contributed by atoms with van der Waals surface area (Å²) in [4.78, 5) is 23.1. The predicted octanol–water partition coefficient (Wildman–Crippen LogP) is 8.18. The predicted molar refractivity (Wildman–Crippen MR) is 198 cm³/mol. The van der Waals surface area contributed by atoms with Crippen molar-refractivity contribution in [1.82, 2.24) is 19.8 Å². The summed E-state index contributed by atoms with van der Waals surface area (Å²) in [5.41, 5.74) is 2.59. The Morgan fingerprint density at radius 2 is 1.80 bits per heavy atom. The zero-order valence-corrected chi connectivity index (χ0v) is 31.7. The number of carbonyl (C=O) groups excluding carboxylic acids is 1. The van der Waals surface area contributed by atoms with E-state index in [9.17, 15) is 32.0 Å². The number of benzene rings is 2. The summed E-state index contributed by atoms with van der Waals surface area (Å²) in [7, 11) is 4.48. The first-order valence-corrected chi connectivity index (χ1v) is 18.4. The number of anilines is 2. The van der Waals surface area contributed by atoms with Gasteiger partial charge in [0.05, 0.1) is 22.9 Å². The first-order valence-electron chi connectivity index (χ1n) is 17.6. The van der Waals surface area contributed by atoms with Crippen LogP contribution in [0.15, 0.2) is 18.2 Å². The van der Waals surface area contributed by atoms with Crippen molar-refractivity contribution in [2.24, 2.45) is 0 Å². The van der Waals surface area contributed by atoms with Crippen LogP contribution in [-0.2, 0) is 15.7 Å². The van der Waals surface area contributed by atoms with Crippen molar-refractivity contribution in [1.29, 1.82) is 5.26 Å². The van der Waals surface area contributed by atoms with Gasteiger partial charge >= 0.3 is 12.2 Å². The molecule has 0 saturated carbocycles. The molecule has 2 atom stereocenters. The molecule has 2 unspecified atom stereocenters. The molecular formula is C37H45F6N7O3S. The molecule has 3 fully saturated rings. The van der Waals surface area contributed by atoms with Crippen molar-refractivity contribution in [2.75, 3.05) is 65.1 Å². The van der Waals surface area contributed by atoms with Crippen molar-refractivity contribution in [2.45, 2.75) is 70.8 Å². The lowest BCUT2D eigenvalue weighted by Crippen LogP contribution is -2.26. The number of rotatable bonds is 5. The van der Waals surface area contributed by atoms with Gasteiger partial charge in [0, 0.05) is 69.2 Å². The maximum Gasteiger partial charge on any atom is 0.417 e. The Kier molecular flexibility index (Phi) is 14.7. The van der Waals surface area contributed by atoms with E-state index in [0.717, 1.165) is 44.3 Å². The molecule has 2 aromatic carbocycles. The zero-order chi connectivity index (χ0) is 39.7. The lowest BCUT2D eigenvalue weighted by atomic mass is 9.92. The molecule has 0 spiro atoms. The van der Waals surface area contributed by atoms with Crippen molar-refractivity contribution in [3.8, 4) is 23.2 Å². The number of nitrogen functional groups attached to an aromatic ring is 1. The van der Waals surface area contributed by atoms with Gasteiger partial charge in [0.2, 0.25) is 5.91 Å². The molecule has 0 radical (unpaired) electrons. The third kappa shape index (κ3) is 9.45. The molecule has 1 amide bonds. The highest BCUT2D eigenvalue weighted by molar-refractivity contribution is 7.23. The fourth-order valence-electron chi connectivity index (χ4n) is 6.81. The molecular weight excluding hydrogens is 737 g/mol. The molecule has 10 nitrogen and oxygen atoms in total. The van der Waals surface area contributed by atoms with E-state index in [4.69, 9.17) is 10.5 Å². The highest BCUT2D eigenvalue weighted by atomic mass is 32.1. The molecule has 0 bridgehead atoms. The normalized spacial score (nSPS) is 17.9. The third-order valence-corrected chi connectivity index (χ3v) is 10.2. The summed E-state index contributed by atoms with van der Waals surface area (Å²) in [5, 5.41) is 11.8. The fourth-order valence-corrected chi connectivity index (χ4v) is 7.76. The summed E-state index contributed by atoms with van der Waals surface area (Å²) < 4.78 is 94.4. The molecule has 17 heteroatoms. The van der Waals surface area contributed by atoms with Gasteiger partial charge in [-0.3, -0.25) is 9.69 Å². The molecule has 3 N–H and O–H groups in total. The van der Waals surface area contributed by atoms with Crippen molar-refractivity contribution in [3.63, 3.8) is 0 Å². The Bertz CT molecular complexity index is 1950. The number of amides is 1. The van der Waals surface area contributed by atoms with E-state index in [1.807, 2.05) is 11.8 Å². The summed E-state index contributed by atoms with van der Waals surface area (Å²) in [6.07, 6.45) is 0.883. The molecule has 294 valence electrons. The van der Waals surface area contributed by atoms with Gasteiger partial charge in [0.1, 0.15) is 34.4 Å². The number of likely N-dealkylation sites (tertiary alicyclic amines) is 1. The van der Waals surface area contributed by atoms with E-state index in [0.29, 0.717) is 36.3 Å². The molecule has 54 heavy (non-hydrogen) atoms. The number of halogens is 6. The van der Waals surface area contributed by atoms with Crippen LogP contribution in [0.4, 0.5) is 37.2 Å². The third-order valence-electron chi connectivity index (χ3n) is 9.16. The maximum atomic E-state index is 15.9. The van der Waals surface area contributed by atoms with Gasteiger partial charge in [0.25, 0.3) is 0 Å². The van der Waals surface area contributed by atoms with Crippen LogP contribution < -0.4 is 15.8 Å². The minimum Gasteiger partial charge on any atom is -0.467 e. The number of hydrogen-bond acceptors (Lipinski definition) is 10. The van der Waals surface area contributed by atoms with Crippen LogP contribution in [0, 0.1) is 23.0 Å². The number of hydrogen-bond donors (Lipinski definition) is 2. The Morgan fingerprint density at radius 1 is 1.11 bits per heavy atom. The molecule has 5 heterocycles. The minimum absolute atomic E-state index is 0.0444. The van der Waals surface area contributed by atoms with Crippen LogP contribution in [0.5, 0.6) is 6.01 Å². The first-order chi connectivity index (χ1) is 25.7. The van der Waals surface area contributed by atoms with E-state index >= 15 is 4.39 Å². The van der Waals surface area contributed by atoms with Gasteiger partial charge in [-0.05, 0) is 63.3 Å². The number of carbonyl (C=O) groups is 1. The second-order valence-electron chi connectivity index (χ2n) is 12.8. The van der Waals surface area contributed by atoms with E-state index < -0.39 is 40.6 Å². The second kappa shape index (κ2) is 18.8. The van der Waals surface area contributed by atoms with Gasteiger partial charge in [-0.15, -0.1) is 11.3 Å². The Labute approximate surface area is 314 Å². The fraction of sp³-hybridized carbons (Fsp3) is 0.514. The molecule has 3 saturated heterocycles. The molecule has 3 aliphatic rings. The summed E-state index contributed by atoms with van der Waals surface area (Å²) in [6, 6.07) is 4.75. The number of nitrogens with zero attached hydrogens (tertiary/aromatic N) is 5. The summed E-state index contributed by atoms with van der Waals surface area (Å²) >= 11 is 0.698. The van der Waals surface area contributed by atoms with Crippen molar-refractivity contribution in [3.05, 3.63) is 41.0 Å². The largest absolute Gasteiger partial charge is 0.467 e. The quantitative estimate of drug-likeness (QED) is 0.193.